The normalized spacial score (nSPS) is 10.1. The van der Waals surface area contributed by atoms with Gasteiger partial charge in [0.1, 0.15) is 5.56 Å². The van der Waals surface area contributed by atoms with Gasteiger partial charge in [0.05, 0.1) is 12.3 Å². The molecule has 0 aliphatic carbocycles. The van der Waals surface area contributed by atoms with Crippen molar-refractivity contribution >= 4 is 11.7 Å². The third-order valence-corrected chi connectivity index (χ3v) is 1.90. The van der Waals surface area contributed by atoms with E-state index in [4.69, 9.17) is 10.5 Å². The molecule has 1 heterocycles. The minimum absolute atomic E-state index is 0.359. The number of aromatic nitrogens is 1. The zero-order chi connectivity index (χ0) is 10.0. The Morgan fingerprint density at radius 3 is 2.46 bits per heavy atom. The van der Waals surface area contributed by atoms with Gasteiger partial charge in [0, 0.05) is 11.4 Å². The first-order chi connectivity index (χ1) is 6.07. The Kier molecular flexibility index (Phi) is 2.60. The molecule has 0 radical (unpaired) electrons. The number of carbonyl (C=O) groups excluding carboxylic acids is 1. The van der Waals surface area contributed by atoms with E-state index in [2.05, 4.69) is 4.98 Å². The van der Waals surface area contributed by atoms with E-state index < -0.39 is 0 Å². The molecule has 0 fully saturated rings. The van der Waals surface area contributed by atoms with Gasteiger partial charge in [-0.25, -0.2) is 4.79 Å². The van der Waals surface area contributed by atoms with Crippen molar-refractivity contribution < 1.29 is 9.53 Å². The van der Waals surface area contributed by atoms with Crippen molar-refractivity contribution in [3.8, 4) is 0 Å². The van der Waals surface area contributed by atoms with Gasteiger partial charge in [0.2, 0.25) is 0 Å². The zero-order valence-electron chi connectivity index (χ0n) is 8.10. The summed E-state index contributed by atoms with van der Waals surface area (Å²) in [4.78, 5) is 14.4. The topological polar surface area (TPSA) is 68.1 Å². The highest BCUT2D eigenvalue weighted by Crippen LogP contribution is 2.21. The fraction of sp³-hybridized carbons (Fsp3) is 0.444. The lowest BCUT2D eigenvalue weighted by molar-refractivity contribution is 0.0527. The van der Waals surface area contributed by atoms with Gasteiger partial charge in [-0.2, -0.15) is 0 Å². The van der Waals surface area contributed by atoms with Gasteiger partial charge in [0.15, 0.2) is 0 Å². The molecule has 0 spiro atoms. The SMILES string of the molecule is CCOC(=O)c1c(C)[nH]c(C)c1N. The summed E-state index contributed by atoms with van der Waals surface area (Å²) in [5, 5.41) is 0. The summed E-state index contributed by atoms with van der Waals surface area (Å²) >= 11 is 0. The molecule has 13 heavy (non-hydrogen) atoms. The van der Waals surface area contributed by atoms with Crippen molar-refractivity contribution in [2.75, 3.05) is 12.3 Å². The summed E-state index contributed by atoms with van der Waals surface area (Å²) in [5.74, 6) is -0.359. The Balaban J connectivity index is 3.06. The third kappa shape index (κ3) is 1.66. The Hall–Kier alpha value is -1.45. The van der Waals surface area contributed by atoms with Crippen molar-refractivity contribution in [3.63, 3.8) is 0 Å². The Morgan fingerprint density at radius 2 is 2.08 bits per heavy atom. The molecule has 1 aromatic heterocycles. The molecule has 0 saturated heterocycles. The lowest BCUT2D eigenvalue weighted by Gasteiger charge is -2.01. The van der Waals surface area contributed by atoms with Crippen LogP contribution < -0.4 is 5.73 Å². The number of rotatable bonds is 2. The molecule has 0 aliphatic rings. The molecule has 1 rings (SSSR count). The van der Waals surface area contributed by atoms with Crippen LogP contribution in [0.3, 0.4) is 0 Å². The number of nitrogen functional groups attached to an aromatic ring is 1. The minimum Gasteiger partial charge on any atom is -0.462 e. The number of carbonyl (C=O) groups is 1. The minimum atomic E-state index is -0.359. The van der Waals surface area contributed by atoms with Crippen LogP contribution in [0.4, 0.5) is 5.69 Å². The predicted octanol–water partition coefficient (Wildman–Crippen LogP) is 1.39. The van der Waals surface area contributed by atoms with Crippen LogP contribution in [0.15, 0.2) is 0 Å². The van der Waals surface area contributed by atoms with E-state index in [0.29, 0.717) is 17.9 Å². The van der Waals surface area contributed by atoms with E-state index in [9.17, 15) is 4.79 Å². The number of esters is 1. The average Bonchev–Trinajstić information content (AvgIpc) is 2.27. The van der Waals surface area contributed by atoms with Crippen LogP contribution in [-0.2, 0) is 4.74 Å². The number of aromatic amines is 1. The summed E-state index contributed by atoms with van der Waals surface area (Å²) in [6.07, 6.45) is 0. The van der Waals surface area contributed by atoms with Gasteiger partial charge in [-0.3, -0.25) is 0 Å². The summed E-state index contributed by atoms with van der Waals surface area (Å²) in [6.45, 7) is 5.76. The highest BCUT2D eigenvalue weighted by Gasteiger charge is 2.17. The highest BCUT2D eigenvalue weighted by molar-refractivity contribution is 5.97. The molecule has 1 aromatic rings. The molecule has 0 unspecified atom stereocenters. The predicted molar refractivity (Wildman–Crippen MR) is 50.6 cm³/mol. The second kappa shape index (κ2) is 3.51. The second-order valence-electron chi connectivity index (χ2n) is 2.88. The average molecular weight is 182 g/mol. The van der Waals surface area contributed by atoms with Crippen LogP contribution in [0.2, 0.25) is 0 Å². The summed E-state index contributed by atoms with van der Waals surface area (Å²) in [7, 11) is 0. The highest BCUT2D eigenvalue weighted by atomic mass is 16.5. The molecule has 0 atom stereocenters. The maximum absolute atomic E-state index is 11.4. The van der Waals surface area contributed by atoms with Crippen molar-refractivity contribution in [3.05, 3.63) is 17.0 Å². The number of aryl methyl sites for hydroxylation is 2. The lowest BCUT2D eigenvalue weighted by atomic mass is 10.2. The molecular formula is C9H14N2O2. The van der Waals surface area contributed by atoms with E-state index >= 15 is 0 Å². The largest absolute Gasteiger partial charge is 0.462 e. The van der Waals surface area contributed by atoms with Crippen molar-refractivity contribution in [1.82, 2.24) is 4.98 Å². The molecule has 0 saturated carbocycles. The van der Waals surface area contributed by atoms with Gasteiger partial charge < -0.3 is 15.5 Å². The maximum atomic E-state index is 11.4. The van der Waals surface area contributed by atoms with Crippen LogP contribution in [0.25, 0.3) is 0 Å². The molecule has 0 aliphatic heterocycles. The number of H-pyrrole nitrogens is 1. The Morgan fingerprint density at radius 1 is 1.46 bits per heavy atom. The van der Waals surface area contributed by atoms with E-state index in [1.54, 1.807) is 13.8 Å². The van der Waals surface area contributed by atoms with Crippen LogP contribution in [0.1, 0.15) is 28.7 Å². The molecule has 3 N–H and O–H groups in total. The number of ether oxygens (including phenoxy) is 1. The fourth-order valence-electron chi connectivity index (χ4n) is 1.27. The van der Waals surface area contributed by atoms with E-state index in [-0.39, 0.29) is 5.97 Å². The standard InChI is InChI=1S/C9H14N2O2/c1-4-13-9(12)7-5(2)11-6(3)8(7)10/h11H,4,10H2,1-3H3. The fourth-order valence-corrected chi connectivity index (χ4v) is 1.27. The monoisotopic (exact) mass is 182 g/mol. The number of hydrogen-bond acceptors (Lipinski definition) is 3. The quantitative estimate of drug-likeness (QED) is 0.679. The lowest BCUT2D eigenvalue weighted by Crippen LogP contribution is -2.07. The van der Waals surface area contributed by atoms with Crippen LogP contribution in [0.5, 0.6) is 0 Å². The molecule has 72 valence electrons. The number of anilines is 1. The summed E-state index contributed by atoms with van der Waals surface area (Å²) < 4.78 is 4.86. The first kappa shape index (κ1) is 9.64. The third-order valence-electron chi connectivity index (χ3n) is 1.90. The van der Waals surface area contributed by atoms with Gasteiger partial charge >= 0.3 is 5.97 Å². The van der Waals surface area contributed by atoms with Crippen LogP contribution in [0, 0.1) is 13.8 Å². The number of nitrogens with one attached hydrogen (secondary N) is 1. The zero-order valence-corrected chi connectivity index (χ0v) is 8.10. The summed E-state index contributed by atoms with van der Waals surface area (Å²) in [6, 6.07) is 0. The van der Waals surface area contributed by atoms with Gasteiger partial charge in [0.25, 0.3) is 0 Å². The maximum Gasteiger partial charge on any atom is 0.342 e. The number of nitrogens with two attached hydrogens (primary N) is 1. The molecule has 4 heteroatoms. The smallest absolute Gasteiger partial charge is 0.342 e. The first-order valence-electron chi connectivity index (χ1n) is 4.19. The Labute approximate surface area is 77.1 Å². The molecule has 0 bridgehead atoms. The van der Waals surface area contributed by atoms with Crippen LogP contribution >= 0.6 is 0 Å². The second-order valence-corrected chi connectivity index (χ2v) is 2.88. The number of hydrogen-bond donors (Lipinski definition) is 2. The van der Waals surface area contributed by atoms with Crippen LogP contribution in [-0.4, -0.2) is 17.6 Å². The molecular weight excluding hydrogens is 168 g/mol. The van der Waals surface area contributed by atoms with E-state index in [0.717, 1.165) is 11.4 Å². The van der Waals surface area contributed by atoms with Gasteiger partial charge in [-0.05, 0) is 20.8 Å². The first-order valence-corrected chi connectivity index (χ1v) is 4.19. The molecule has 4 nitrogen and oxygen atoms in total. The molecule has 0 aromatic carbocycles. The van der Waals surface area contributed by atoms with Crippen molar-refractivity contribution in [1.29, 1.82) is 0 Å². The van der Waals surface area contributed by atoms with E-state index in [1.165, 1.54) is 0 Å². The Bertz CT molecular complexity index is 329. The van der Waals surface area contributed by atoms with Crippen molar-refractivity contribution in [2.45, 2.75) is 20.8 Å². The van der Waals surface area contributed by atoms with Crippen molar-refractivity contribution in [2.24, 2.45) is 0 Å². The molecule has 0 amide bonds. The van der Waals surface area contributed by atoms with E-state index in [1.807, 2.05) is 6.92 Å². The van der Waals surface area contributed by atoms with Gasteiger partial charge in [-0.15, -0.1) is 0 Å². The summed E-state index contributed by atoms with van der Waals surface area (Å²) in [5.41, 5.74) is 8.21. The van der Waals surface area contributed by atoms with Gasteiger partial charge in [-0.1, -0.05) is 0 Å².